The molecule has 0 unspecified atom stereocenters. The smallest absolute Gasteiger partial charge is 0.292 e. The van der Waals surface area contributed by atoms with Gasteiger partial charge in [0, 0.05) is 12.7 Å². The van der Waals surface area contributed by atoms with Crippen molar-refractivity contribution in [1.29, 1.82) is 0 Å². The van der Waals surface area contributed by atoms with Crippen LogP contribution in [0.4, 0.5) is 10.6 Å². The van der Waals surface area contributed by atoms with Crippen LogP contribution >= 0.6 is 0 Å². The number of hydrogen-bond acceptors (Lipinski definition) is 4. The second-order valence-electron chi connectivity index (χ2n) is 4.34. The Balaban J connectivity index is 2.00. The summed E-state index contributed by atoms with van der Waals surface area (Å²) in [6, 6.07) is 3.20. The maximum atomic E-state index is 11.8. The number of urea groups is 1. The Morgan fingerprint density at radius 3 is 2.63 bits per heavy atom. The molecule has 0 saturated carbocycles. The summed E-state index contributed by atoms with van der Waals surface area (Å²) in [7, 11) is 1.56. The largest absolute Gasteiger partial charge is 0.327 e. The van der Waals surface area contributed by atoms with Crippen LogP contribution in [0.25, 0.3) is 0 Å². The molecule has 1 aromatic rings. The number of aliphatic imine (C=N–C) groups is 1. The highest BCUT2D eigenvalue weighted by Crippen LogP contribution is 2.08. The third kappa shape index (κ3) is 3.06. The summed E-state index contributed by atoms with van der Waals surface area (Å²) in [6.07, 6.45) is 0. The van der Waals surface area contributed by atoms with Gasteiger partial charge in [0.05, 0.1) is 0 Å². The zero-order valence-electron chi connectivity index (χ0n) is 11.0. The number of amides is 3. The van der Waals surface area contributed by atoms with E-state index in [4.69, 9.17) is 0 Å². The van der Waals surface area contributed by atoms with Gasteiger partial charge in [-0.15, -0.1) is 0 Å². The Labute approximate surface area is 110 Å². The van der Waals surface area contributed by atoms with Gasteiger partial charge in [0.1, 0.15) is 12.4 Å². The minimum atomic E-state index is -0.474. The predicted molar refractivity (Wildman–Crippen MR) is 70.9 cm³/mol. The van der Waals surface area contributed by atoms with E-state index in [1.54, 1.807) is 13.1 Å². The number of aromatic nitrogens is 1. The lowest BCUT2D eigenvalue weighted by atomic mass is 10.2. The number of carbonyl (C=O) groups excluding carboxylic acids is 2. The van der Waals surface area contributed by atoms with E-state index in [1.165, 1.54) is 4.90 Å². The third-order valence-electron chi connectivity index (χ3n) is 2.62. The SMILES string of the molecule is Cc1cc(C)nc(NC(=O)NC2=NCC(=O)N2C)c1. The number of nitrogens with zero attached hydrogens (tertiary/aromatic N) is 3. The molecular weight excluding hydrogens is 246 g/mol. The first kappa shape index (κ1) is 13.0. The molecule has 1 aromatic heterocycles. The van der Waals surface area contributed by atoms with Gasteiger partial charge in [0.25, 0.3) is 5.91 Å². The van der Waals surface area contributed by atoms with E-state index in [-0.39, 0.29) is 18.4 Å². The second kappa shape index (κ2) is 5.05. The molecule has 2 rings (SSSR count). The average molecular weight is 261 g/mol. The van der Waals surface area contributed by atoms with Gasteiger partial charge in [-0.25, -0.2) is 14.8 Å². The molecule has 2 heterocycles. The number of hydrogen-bond donors (Lipinski definition) is 2. The lowest BCUT2D eigenvalue weighted by molar-refractivity contribution is -0.123. The van der Waals surface area contributed by atoms with Crippen molar-refractivity contribution >= 4 is 23.7 Å². The maximum absolute atomic E-state index is 11.8. The highest BCUT2D eigenvalue weighted by Gasteiger charge is 2.22. The van der Waals surface area contributed by atoms with E-state index in [1.807, 2.05) is 19.9 Å². The molecule has 3 amide bonds. The van der Waals surface area contributed by atoms with Gasteiger partial charge >= 0.3 is 6.03 Å². The van der Waals surface area contributed by atoms with Crippen molar-refractivity contribution in [3.8, 4) is 0 Å². The maximum Gasteiger partial charge on any atom is 0.327 e. The summed E-state index contributed by atoms with van der Waals surface area (Å²) in [4.78, 5) is 32.4. The van der Waals surface area contributed by atoms with Crippen molar-refractivity contribution in [2.75, 3.05) is 18.9 Å². The highest BCUT2D eigenvalue weighted by molar-refractivity contribution is 6.10. The topological polar surface area (TPSA) is 86.7 Å². The van der Waals surface area contributed by atoms with Crippen LogP contribution in [-0.4, -0.2) is 41.4 Å². The van der Waals surface area contributed by atoms with Crippen molar-refractivity contribution in [3.63, 3.8) is 0 Å². The number of pyridine rings is 1. The Morgan fingerprint density at radius 1 is 1.32 bits per heavy atom. The van der Waals surface area contributed by atoms with Crippen LogP contribution in [0, 0.1) is 13.8 Å². The van der Waals surface area contributed by atoms with Gasteiger partial charge in [-0.1, -0.05) is 0 Å². The molecule has 0 radical (unpaired) electrons. The number of nitrogens with one attached hydrogen (secondary N) is 2. The Kier molecular flexibility index (Phi) is 3.46. The normalized spacial score (nSPS) is 14.4. The van der Waals surface area contributed by atoms with Crippen LogP contribution in [0.2, 0.25) is 0 Å². The number of guanidine groups is 1. The van der Waals surface area contributed by atoms with Gasteiger partial charge in [-0.05, 0) is 31.5 Å². The second-order valence-corrected chi connectivity index (χ2v) is 4.34. The van der Waals surface area contributed by atoms with E-state index < -0.39 is 6.03 Å². The van der Waals surface area contributed by atoms with Crippen molar-refractivity contribution < 1.29 is 9.59 Å². The van der Waals surface area contributed by atoms with Gasteiger partial charge in [0.2, 0.25) is 5.96 Å². The first-order chi connectivity index (χ1) is 8.95. The van der Waals surface area contributed by atoms with E-state index in [0.29, 0.717) is 5.82 Å². The van der Waals surface area contributed by atoms with Crippen LogP contribution in [0.15, 0.2) is 17.1 Å². The molecule has 7 heteroatoms. The molecule has 2 N–H and O–H groups in total. The molecule has 0 fully saturated rings. The number of likely N-dealkylation sites (N-methyl/N-ethyl adjacent to an activating group) is 1. The zero-order chi connectivity index (χ0) is 14.0. The van der Waals surface area contributed by atoms with Crippen molar-refractivity contribution in [1.82, 2.24) is 15.2 Å². The molecule has 100 valence electrons. The molecule has 19 heavy (non-hydrogen) atoms. The van der Waals surface area contributed by atoms with Gasteiger partial charge in [-0.2, -0.15) is 0 Å². The van der Waals surface area contributed by atoms with Crippen LogP contribution in [0.1, 0.15) is 11.3 Å². The summed E-state index contributed by atoms with van der Waals surface area (Å²) in [5.74, 6) is 0.550. The number of carbonyl (C=O) groups is 2. The van der Waals surface area contributed by atoms with Crippen molar-refractivity contribution in [3.05, 3.63) is 23.4 Å². The Bertz CT molecular complexity index is 547. The number of anilines is 1. The molecule has 1 aliphatic rings. The van der Waals surface area contributed by atoms with E-state index in [9.17, 15) is 9.59 Å². The fourth-order valence-corrected chi connectivity index (χ4v) is 1.75. The van der Waals surface area contributed by atoms with Gasteiger partial charge < -0.3 is 0 Å². The Hall–Kier alpha value is -2.44. The minimum absolute atomic E-state index is 0.0634. The molecule has 0 bridgehead atoms. The minimum Gasteiger partial charge on any atom is -0.292 e. The molecule has 0 aliphatic carbocycles. The Morgan fingerprint density at radius 2 is 2.05 bits per heavy atom. The molecule has 0 aromatic carbocycles. The first-order valence-corrected chi connectivity index (χ1v) is 5.80. The van der Waals surface area contributed by atoms with E-state index >= 15 is 0 Å². The van der Waals surface area contributed by atoms with Crippen LogP contribution in [0.5, 0.6) is 0 Å². The summed E-state index contributed by atoms with van der Waals surface area (Å²) < 4.78 is 0. The number of rotatable bonds is 1. The standard InChI is InChI=1S/C12H15N5O2/c1-7-4-8(2)14-9(5-7)15-12(19)16-11-13-6-10(18)17(11)3/h4-5H,6H2,1-3H3,(H2,13,14,15,16,19). The van der Waals surface area contributed by atoms with E-state index in [2.05, 4.69) is 20.6 Å². The molecule has 0 spiro atoms. The lowest BCUT2D eigenvalue weighted by Gasteiger charge is -2.13. The third-order valence-corrected chi connectivity index (χ3v) is 2.62. The fraction of sp³-hybridized carbons (Fsp3) is 0.333. The number of aryl methyl sites for hydroxylation is 2. The van der Waals surface area contributed by atoms with Crippen LogP contribution < -0.4 is 10.6 Å². The van der Waals surface area contributed by atoms with Gasteiger partial charge in [-0.3, -0.25) is 20.3 Å². The quantitative estimate of drug-likeness (QED) is 0.778. The molecular formula is C12H15N5O2. The molecule has 0 saturated heterocycles. The first-order valence-electron chi connectivity index (χ1n) is 5.80. The summed E-state index contributed by atoms with van der Waals surface area (Å²) in [5.41, 5.74) is 1.83. The van der Waals surface area contributed by atoms with Gasteiger partial charge in [0.15, 0.2) is 0 Å². The van der Waals surface area contributed by atoms with Crippen molar-refractivity contribution in [2.45, 2.75) is 13.8 Å². The van der Waals surface area contributed by atoms with Crippen molar-refractivity contribution in [2.24, 2.45) is 4.99 Å². The van der Waals surface area contributed by atoms with E-state index in [0.717, 1.165) is 11.3 Å². The highest BCUT2D eigenvalue weighted by atomic mass is 16.2. The molecule has 7 nitrogen and oxygen atoms in total. The molecule has 1 aliphatic heterocycles. The zero-order valence-corrected chi connectivity index (χ0v) is 11.0. The average Bonchev–Trinajstić information content (AvgIpc) is 2.59. The summed E-state index contributed by atoms with van der Waals surface area (Å²) >= 11 is 0. The van der Waals surface area contributed by atoms with Crippen LogP contribution in [-0.2, 0) is 4.79 Å². The van der Waals surface area contributed by atoms with Crippen LogP contribution in [0.3, 0.4) is 0 Å². The fourth-order valence-electron chi connectivity index (χ4n) is 1.75. The lowest BCUT2D eigenvalue weighted by Crippen LogP contribution is -2.43. The molecule has 0 atom stereocenters. The summed E-state index contributed by atoms with van der Waals surface area (Å²) in [5, 5.41) is 5.12. The monoisotopic (exact) mass is 261 g/mol. The predicted octanol–water partition coefficient (Wildman–Crippen LogP) is 0.648. The summed E-state index contributed by atoms with van der Waals surface area (Å²) in [6.45, 7) is 3.84.